The van der Waals surface area contributed by atoms with Crippen LogP contribution in [0.2, 0.25) is 0 Å². The second-order valence-electron chi connectivity index (χ2n) is 6.48. The summed E-state index contributed by atoms with van der Waals surface area (Å²) in [5.41, 5.74) is 1.21. The standard InChI is InChI=1S/C19H26N2O3S2/c1-3-18-8-9-19(25-18)26(22,23)21-12-10-20(11-13-21)14-15-24-17-6-4-16(2)5-7-17/h4-9H,3,10-15H2,1-2H3. The van der Waals surface area contributed by atoms with Crippen molar-refractivity contribution in [1.29, 1.82) is 0 Å². The molecule has 0 saturated carbocycles. The van der Waals surface area contributed by atoms with Crippen LogP contribution in [0.5, 0.6) is 5.75 Å². The van der Waals surface area contributed by atoms with Crippen LogP contribution in [0.1, 0.15) is 17.4 Å². The number of hydrogen-bond donors (Lipinski definition) is 0. The monoisotopic (exact) mass is 394 g/mol. The summed E-state index contributed by atoms with van der Waals surface area (Å²) in [6.45, 7) is 8.06. The minimum Gasteiger partial charge on any atom is -0.492 e. The van der Waals surface area contributed by atoms with E-state index in [2.05, 4.69) is 11.8 Å². The minimum absolute atomic E-state index is 0.463. The molecule has 1 aliphatic heterocycles. The molecule has 26 heavy (non-hydrogen) atoms. The summed E-state index contributed by atoms with van der Waals surface area (Å²) in [5.74, 6) is 0.876. The largest absolute Gasteiger partial charge is 0.492 e. The van der Waals surface area contributed by atoms with Gasteiger partial charge in [-0.3, -0.25) is 4.90 Å². The summed E-state index contributed by atoms with van der Waals surface area (Å²) in [4.78, 5) is 3.36. The number of benzene rings is 1. The van der Waals surface area contributed by atoms with E-state index in [9.17, 15) is 8.42 Å². The van der Waals surface area contributed by atoms with E-state index in [-0.39, 0.29) is 0 Å². The van der Waals surface area contributed by atoms with Gasteiger partial charge in [-0.2, -0.15) is 4.31 Å². The van der Waals surface area contributed by atoms with Gasteiger partial charge in [-0.15, -0.1) is 11.3 Å². The Hall–Kier alpha value is -1.41. The van der Waals surface area contributed by atoms with Crippen molar-refractivity contribution in [3.05, 3.63) is 46.8 Å². The maximum atomic E-state index is 12.7. The molecule has 2 heterocycles. The number of thiophene rings is 1. The molecule has 2 aromatic rings. The maximum Gasteiger partial charge on any atom is 0.252 e. The molecule has 0 radical (unpaired) electrons. The number of aryl methyl sites for hydroxylation is 2. The highest BCUT2D eigenvalue weighted by atomic mass is 32.2. The van der Waals surface area contributed by atoms with Crippen LogP contribution in [-0.4, -0.2) is 57.0 Å². The highest BCUT2D eigenvalue weighted by molar-refractivity contribution is 7.91. The number of rotatable bonds is 7. The Kier molecular flexibility index (Phi) is 6.34. The Morgan fingerprint density at radius 3 is 2.35 bits per heavy atom. The van der Waals surface area contributed by atoms with Gasteiger partial charge in [-0.05, 0) is 37.6 Å². The zero-order chi connectivity index (χ0) is 18.6. The van der Waals surface area contributed by atoms with Crippen LogP contribution in [0, 0.1) is 6.92 Å². The maximum absolute atomic E-state index is 12.7. The quantitative estimate of drug-likeness (QED) is 0.724. The summed E-state index contributed by atoms with van der Waals surface area (Å²) in [6, 6.07) is 11.7. The first-order chi connectivity index (χ1) is 12.5. The molecule has 1 saturated heterocycles. The molecule has 3 rings (SSSR count). The Bertz CT molecular complexity index is 808. The Balaban J connectivity index is 1.47. The average Bonchev–Trinajstić information content (AvgIpc) is 3.14. The van der Waals surface area contributed by atoms with E-state index in [1.807, 2.05) is 37.3 Å². The van der Waals surface area contributed by atoms with Crippen LogP contribution >= 0.6 is 11.3 Å². The lowest BCUT2D eigenvalue weighted by molar-refractivity contribution is 0.159. The van der Waals surface area contributed by atoms with Gasteiger partial charge in [0.2, 0.25) is 0 Å². The fraction of sp³-hybridized carbons (Fsp3) is 0.474. The highest BCUT2D eigenvalue weighted by Gasteiger charge is 2.29. The van der Waals surface area contributed by atoms with Crippen molar-refractivity contribution >= 4 is 21.4 Å². The molecule has 0 bridgehead atoms. The Labute approximate surface area is 160 Å². The van der Waals surface area contributed by atoms with Crippen molar-refractivity contribution in [2.75, 3.05) is 39.3 Å². The van der Waals surface area contributed by atoms with Gasteiger partial charge in [0.05, 0.1) is 0 Å². The summed E-state index contributed by atoms with van der Waals surface area (Å²) in [6.07, 6.45) is 0.870. The number of piperazine rings is 1. The van der Waals surface area contributed by atoms with E-state index in [0.717, 1.165) is 36.7 Å². The van der Waals surface area contributed by atoms with E-state index in [4.69, 9.17) is 4.74 Å². The van der Waals surface area contributed by atoms with Crippen LogP contribution in [0.4, 0.5) is 0 Å². The van der Waals surface area contributed by atoms with E-state index >= 15 is 0 Å². The van der Waals surface area contributed by atoms with Gasteiger partial charge >= 0.3 is 0 Å². The zero-order valence-electron chi connectivity index (χ0n) is 15.3. The Morgan fingerprint density at radius 1 is 1.04 bits per heavy atom. The average molecular weight is 395 g/mol. The molecule has 0 unspecified atom stereocenters. The summed E-state index contributed by atoms with van der Waals surface area (Å²) in [5, 5.41) is 0. The third kappa shape index (κ3) is 4.65. The van der Waals surface area contributed by atoms with Crippen LogP contribution in [0.3, 0.4) is 0 Å². The second kappa shape index (κ2) is 8.52. The van der Waals surface area contributed by atoms with Gasteiger partial charge in [0.25, 0.3) is 10.0 Å². The van der Waals surface area contributed by atoms with Crippen molar-refractivity contribution in [2.24, 2.45) is 0 Å². The SMILES string of the molecule is CCc1ccc(S(=O)(=O)N2CCN(CCOc3ccc(C)cc3)CC2)s1. The lowest BCUT2D eigenvalue weighted by Crippen LogP contribution is -2.49. The molecule has 1 aromatic carbocycles. The van der Waals surface area contributed by atoms with Crippen molar-refractivity contribution in [1.82, 2.24) is 9.21 Å². The van der Waals surface area contributed by atoms with Gasteiger partial charge in [0.1, 0.15) is 16.6 Å². The number of ether oxygens (including phenoxy) is 1. The van der Waals surface area contributed by atoms with Crippen molar-refractivity contribution < 1.29 is 13.2 Å². The van der Waals surface area contributed by atoms with E-state index in [1.54, 1.807) is 10.4 Å². The first-order valence-corrected chi connectivity index (χ1v) is 11.3. The zero-order valence-corrected chi connectivity index (χ0v) is 17.0. The van der Waals surface area contributed by atoms with E-state index < -0.39 is 10.0 Å². The lowest BCUT2D eigenvalue weighted by Gasteiger charge is -2.33. The van der Waals surface area contributed by atoms with Gasteiger partial charge in [-0.25, -0.2) is 8.42 Å². The Morgan fingerprint density at radius 2 is 1.73 bits per heavy atom. The van der Waals surface area contributed by atoms with Crippen molar-refractivity contribution in [2.45, 2.75) is 24.5 Å². The summed E-state index contributed by atoms with van der Waals surface area (Å²) in [7, 11) is -3.35. The van der Waals surface area contributed by atoms with Gasteiger partial charge in [-0.1, -0.05) is 24.6 Å². The fourth-order valence-corrected chi connectivity index (χ4v) is 5.81. The molecule has 0 amide bonds. The molecular weight excluding hydrogens is 368 g/mol. The van der Waals surface area contributed by atoms with Crippen LogP contribution < -0.4 is 4.74 Å². The van der Waals surface area contributed by atoms with Gasteiger partial charge in [0.15, 0.2) is 0 Å². The molecule has 0 N–H and O–H groups in total. The molecule has 1 aliphatic rings. The minimum atomic E-state index is -3.35. The number of hydrogen-bond acceptors (Lipinski definition) is 5. The summed E-state index contributed by atoms with van der Waals surface area (Å²) < 4.78 is 33.3. The predicted octanol–water partition coefficient (Wildman–Crippen LogP) is 3.00. The predicted molar refractivity (Wildman–Crippen MR) is 106 cm³/mol. The lowest BCUT2D eigenvalue weighted by atomic mass is 10.2. The smallest absolute Gasteiger partial charge is 0.252 e. The molecule has 1 fully saturated rings. The topological polar surface area (TPSA) is 49.9 Å². The van der Waals surface area contributed by atoms with Crippen LogP contribution in [-0.2, 0) is 16.4 Å². The third-order valence-electron chi connectivity index (χ3n) is 4.61. The normalized spacial score (nSPS) is 16.7. The summed E-state index contributed by atoms with van der Waals surface area (Å²) >= 11 is 1.38. The van der Waals surface area contributed by atoms with Crippen molar-refractivity contribution in [3.8, 4) is 5.75 Å². The highest BCUT2D eigenvalue weighted by Crippen LogP contribution is 2.26. The second-order valence-corrected chi connectivity index (χ2v) is 9.81. The van der Waals surface area contributed by atoms with E-state index in [1.165, 1.54) is 16.9 Å². The van der Waals surface area contributed by atoms with Crippen LogP contribution in [0.15, 0.2) is 40.6 Å². The van der Waals surface area contributed by atoms with Crippen molar-refractivity contribution in [3.63, 3.8) is 0 Å². The third-order valence-corrected chi connectivity index (χ3v) is 8.20. The van der Waals surface area contributed by atoms with E-state index in [0.29, 0.717) is 23.9 Å². The molecule has 1 aromatic heterocycles. The van der Waals surface area contributed by atoms with Crippen LogP contribution in [0.25, 0.3) is 0 Å². The molecule has 7 heteroatoms. The molecule has 142 valence electrons. The number of sulfonamides is 1. The van der Waals surface area contributed by atoms with Gasteiger partial charge in [0, 0.05) is 37.6 Å². The molecular formula is C19H26N2O3S2. The molecule has 0 atom stereocenters. The molecule has 0 spiro atoms. The first kappa shape index (κ1) is 19.4. The number of nitrogens with zero attached hydrogens (tertiary/aromatic N) is 2. The first-order valence-electron chi connectivity index (χ1n) is 8.99. The molecule has 5 nitrogen and oxygen atoms in total. The molecule has 0 aliphatic carbocycles. The fourth-order valence-electron chi connectivity index (χ4n) is 2.93. The van der Waals surface area contributed by atoms with Gasteiger partial charge < -0.3 is 4.74 Å².